The monoisotopic (exact) mass is 256 g/mol. The van der Waals surface area contributed by atoms with Crippen LogP contribution in [0.2, 0.25) is 5.02 Å². The molecule has 1 aromatic rings. The Morgan fingerprint density at radius 3 is 3.00 bits per heavy atom. The highest BCUT2D eigenvalue weighted by Crippen LogP contribution is 2.15. The number of carbonyl (C=O) groups is 1. The number of nitrogens with one attached hydrogen (secondary N) is 1. The summed E-state index contributed by atoms with van der Waals surface area (Å²) in [6.45, 7) is 0.609. The number of hydrogen-bond donors (Lipinski definition) is 2. The van der Waals surface area contributed by atoms with Crippen LogP contribution in [0.15, 0.2) is 24.3 Å². The van der Waals surface area contributed by atoms with Gasteiger partial charge < -0.3 is 15.8 Å². The van der Waals surface area contributed by atoms with Crippen LogP contribution in [0.25, 0.3) is 0 Å². The third-order valence-electron chi connectivity index (χ3n) is 2.29. The summed E-state index contributed by atoms with van der Waals surface area (Å²) in [6.07, 6.45) is 1.36. The van der Waals surface area contributed by atoms with Crippen LogP contribution in [0.4, 0.5) is 5.69 Å². The van der Waals surface area contributed by atoms with Crippen LogP contribution in [-0.4, -0.2) is 25.7 Å². The van der Waals surface area contributed by atoms with Crippen LogP contribution < -0.4 is 11.1 Å². The zero-order valence-electron chi connectivity index (χ0n) is 9.78. The predicted molar refractivity (Wildman–Crippen MR) is 69.2 cm³/mol. The molecule has 0 aromatic heterocycles. The molecule has 0 fully saturated rings. The number of methoxy groups -OCH3 is 1. The Balaban J connectivity index is 2.43. The lowest BCUT2D eigenvalue weighted by Gasteiger charge is -2.12. The molecule has 17 heavy (non-hydrogen) atoms. The fourth-order valence-electron chi connectivity index (χ4n) is 1.38. The van der Waals surface area contributed by atoms with E-state index in [4.69, 9.17) is 22.1 Å². The van der Waals surface area contributed by atoms with E-state index in [-0.39, 0.29) is 5.91 Å². The summed E-state index contributed by atoms with van der Waals surface area (Å²) in [5, 5.41) is 3.30. The van der Waals surface area contributed by atoms with E-state index < -0.39 is 6.04 Å². The number of anilines is 1. The molecule has 0 spiro atoms. The van der Waals surface area contributed by atoms with Crippen LogP contribution in [0.5, 0.6) is 0 Å². The zero-order valence-corrected chi connectivity index (χ0v) is 10.5. The molecule has 0 saturated heterocycles. The Bertz CT molecular complexity index is 371. The van der Waals surface area contributed by atoms with Crippen molar-refractivity contribution in [3.63, 3.8) is 0 Å². The maximum atomic E-state index is 11.7. The smallest absolute Gasteiger partial charge is 0.241 e. The van der Waals surface area contributed by atoms with E-state index in [2.05, 4.69) is 5.32 Å². The summed E-state index contributed by atoms with van der Waals surface area (Å²) >= 11 is 5.81. The van der Waals surface area contributed by atoms with Gasteiger partial charge in [0.1, 0.15) is 0 Å². The van der Waals surface area contributed by atoms with Gasteiger partial charge in [-0.25, -0.2) is 0 Å². The summed E-state index contributed by atoms with van der Waals surface area (Å²) in [4.78, 5) is 11.7. The van der Waals surface area contributed by atoms with E-state index in [1.807, 2.05) is 0 Å². The van der Waals surface area contributed by atoms with Crippen molar-refractivity contribution >= 4 is 23.2 Å². The number of halogens is 1. The molecule has 1 atom stereocenters. The van der Waals surface area contributed by atoms with Gasteiger partial charge in [0.2, 0.25) is 5.91 Å². The van der Waals surface area contributed by atoms with Gasteiger partial charge in [0.05, 0.1) is 6.04 Å². The molecule has 94 valence electrons. The average molecular weight is 257 g/mol. The summed E-state index contributed by atoms with van der Waals surface area (Å²) < 4.78 is 4.90. The van der Waals surface area contributed by atoms with Gasteiger partial charge >= 0.3 is 0 Å². The molecule has 1 aromatic carbocycles. The Morgan fingerprint density at radius 2 is 2.35 bits per heavy atom. The molecule has 0 aliphatic rings. The molecule has 0 aliphatic heterocycles. The summed E-state index contributed by atoms with van der Waals surface area (Å²) in [7, 11) is 1.62. The second kappa shape index (κ2) is 7.27. The fourth-order valence-corrected chi connectivity index (χ4v) is 1.57. The van der Waals surface area contributed by atoms with Crippen molar-refractivity contribution in [3.05, 3.63) is 29.3 Å². The molecule has 1 unspecified atom stereocenters. The van der Waals surface area contributed by atoms with Gasteiger partial charge in [0.15, 0.2) is 0 Å². The summed E-state index contributed by atoms with van der Waals surface area (Å²) in [5.41, 5.74) is 6.40. The Labute approximate surface area is 106 Å². The van der Waals surface area contributed by atoms with Crippen molar-refractivity contribution in [3.8, 4) is 0 Å². The second-order valence-corrected chi connectivity index (χ2v) is 4.18. The largest absolute Gasteiger partial charge is 0.385 e. The Kier molecular flexibility index (Phi) is 5.97. The van der Waals surface area contributed by atoms with Crippen molar-refractivity contribution < 1.29 is 9.53 Å². The molecular weight excluding hydrogens is 240 g/mol. The molecule has 0 bridgehead atoms. The lowest BCUT2D eigenvalue weighted by Crippen LogP contribution is -2.35. The number of hydrogen-bond acceptors (Lipinski definition) is 3. The normalized spacial score (nSPS) is 12.2. The standard InChI is InChI=1S/C12H17ClN2O2/c1-17-7-3-6-11(14)12(16)15-10-5-2-4-9(13)8-10/h2,4-5,8,11H,3,6-7,14H2,1H3,(H,15,16). The van der Waals surface area contributed by atoms with Crippen LogP contribution >= 0.6 is 11.6 Å². The summed E-state index contributed by atoms with van der Waals surface area (Å²) in [6, 6.07) is 6.45. The summed E-state index contributed by atoms with van der Waals surface area (Å²) in [5.74, 6) is -0.205. The van der Waals surface area contributed by atoms with Gasteiger partial charge in [-0.15, -0.1) is 0 Å². The van der Waals surface area contributed by atoms with Crippen LogP contribution in [0, 0.1) is 0 Å². The van der Waals surface area contributed by atoms with Gasteiger partial charge in [-0.1, -0.05) is 17.7 Å². The van der Waals surface area contributed by atoms with Crippen molar-refractivity contribution in [1.82, 2.24) is 0 Å². The van der Waals surface area contributed by atoms with Crippen LogP contribution in [0.3, 0.4) is 0 Å². The highest BCUT2D eigenvalue weighted by molar-refractivity contribution is 6.30. The van der Waals surface area contributed by atoms with Crippen molar-refractivity contribution in [2.75, 3.05) is 19.0 Å². The van der Waals surface area contributed by atoms with Gasteiger partial charge in [-0.3, -0.25) is 4.79 Å². The molecule has 1 amide bonds. The van der Waals surface area contributed by atoms with E-state index in [1.54, 1.807) is 31.4 Å². The molecule has 0 radical (unpaired) electrons. The quantitative estimate of drug-likeness (QED) is 0.766. The lowest BCUT2D eigenvalue weighted by atomic mass is 10.1. The van der Waals surface area contributed by atoms with Crippen molar-refractivity contribution in [1.29, 1.82) is 0 Å². The number of ether oxygens (including phenoxy) is 1. The zero-order chi connectivity index (χ0) is 12.7. The Morgan fingerprint density at radius 1 is 1.59 bits per heavy atom. The van der Waals surface area contributed by atoms with E-state index in [1.165, 1.54) is 0 Å². The van der Waals surface area contributed by atoms with Crippen LogP contribution in [-0.2, 0) is 9.53 Å². The number of amides is 1. The topological polar surface area (TPSA) is 64.3 Å². The highest BCUT2D eigenvalue weighted by Gasteiger charge is 2.12. The van der Waals surface area contributed by atoms with Crippen molar-refractivity contribution in [2.24, 2.45) is 5.73 Å². The molecule has 0 heterocycles. The molecule has 0 saturated carbocycles. The second-order valence-electron chi connectivity index (χ2n) is 3.74. The number of rotatable bonds is 6. The van der Waals surface area contributed by atoms with Gasteiger partial charge in [-0.05, 0) is 31.0 Å². The maximum absolute atomic E-state index is 11.7. The number of carbonyl (C=O) groups excluding carboxylic acids is 1. The minimum atomic E-state index is -0.524. The Hall–Kier alpha value is -1.10. The fraction of sp³-hybridized carbons (Fsp3) is 0.417. The van der Waals surface area contributed by atoms with Gasteiger partial charge in [0.25, 0.3) is 0 Å². The van der Waals surface area contributed by atoms with Crippen molar-refractivity contribution in [2.45, 2.75) is 18.9 Å². The third-order valence-corrected chi connectivity index (χ3v) is 2.53. The first-order valence-electron chi connectivity index (χ1n) is 5.44. The highest BCUT2D eigenvalue weighted by atomic mass is 35.5. The molecule has 3 N–H and O–H groups in total. The predicted octanol–water partition coefficient (Wildman–Crippen LogP) is 2.03. The first-order valence-corrected chi connectivity index (χ1v) is 5.82. The first kappa shape index (κ1) is 14.0. The molecule has 0 aliphatic carbocycles. The lowest BCUT2D eigenvalue weighted by molar-refractivity contribution is -0.117. The number of nitrogens with two attached hydrogens (primary N) is 1. The van der Waals surface area contributed by atoms with Crippen LogP contribution in [0.1, 0.15) is 12.8 Å². The van der Waals surface area contributed by atoms with Gasteiger partial charge in [-0.2, -0.15) is 0 Å². The van der Waals surface area contributed by atoms with Gasteiger partial charge in [0, 0.05) is 24.4 Å². The first-order chi connectivity index (χ1) is 8.13. The average Bonchev–Trinajstić information content (AvgIpc) is 2.29. The minimum absolute atomic E-state index is 0.205. The minimum Gasteiger partial charge on any atom is -0.385 e. The molecule has 4 nitrogen and oxygen atoms in total. The van der Waals surface area contributed by atoms with E-state index >= 15 is 0 Å². The molecular formula is C12H17ClN2O2. The van der Waals surface area contributed by atoms with E-state index in [9.17, 15) is 4.79 Å². The third kappa shape index (κ3) is 5.17. The van der Waals surface area contributed by atoms with E-state index in [0.717, 1.165) is 6.42 Å². The molecule has 1 rings (SSSR count). The maximum Gasteiger partial charge on any atom is 0.241 e. The SMILES string of the molecule is COCCCC(N)C(=O)Nc1cccc(Cl)c1. The number of benzene rings is 1. The molecule has 5 heteroatoms. The van der Waals surface area contributed by atoms with E-state index in [0.29, 0.717) is 23.7 Å².